The largest absolute Gasteiger partial charge is 0.493 e. The molecule has 1 aromatic heterocycles. The van der Waals surface area contributed by atoms with Crippen molar-refractivity contribution in [3.63, 3.8) is 0 Å². The topological polar surface area (TPSA) is 80.8 Å². The van der Waals surface area contributed by atoms with E-state index in [1.54, 1.807) is 19.6 Å². The maximum absolute atomic E-state index is 13.4. The Balaban J connectivity index is 1.32. The number of hydrogen-bond acceptors (Lipinski definition) is 6. The van der Waals surface area contributed by atoms with Crippen molar-refractivity contribution in [1.29, 1.82) is 0 Å². The minimum atomic E-state index is -0.0811. The zero-order valence-corrected chi connectivity index (χ0v) is 20.1. The van der Waals surface area contributed by atoms with Crippen molar-refractivity contribution in [1.82, 2.24) is 15.2 Å². The van der Waals surface area contributed by atoms with E-state index < -0.39 is 0 Å². The van der Waals surface area contributed by atoms with Crippen LogP contribution < -0.4 is 14.8 Å². The van der Waals surface area contributed by atoms with Gasteiger partial charge in [-0.3, -0.25) is 9.59 Å². The lowest BCUT2D eigenvalue weighted by molar-refractivity contribution is 0.0724. The first-order valence-corrected chi connectivity index (χ1v) is 12.3. The zero-order chi connectivity index (χ0) is 23.7. The number of amides is 2. The molecule has 1 N–H and O–H groups in total. The van der Waals surface area contributed by atoms with Crippen LogP contribution in [0.1, 0.15) is 52.1 Å². The number of hydrogen-bond donors (Lipinski definition) is 1. The number of ether oxygens (including phenoxy) is 2. The van der Waals surface area contributed by atoms with E-state index in [1.807, 2.05) is 47.4 Å². The molecule has 34 heavy (non-hydrogen) atoms. The van der Waals surface area contributed by atoms with Crippen molar-refractivity contribution in [3.05, 3.63) is 64.7 Å². The molecule has 2 saturated carbocycles. The van der Waals surface area contributed by atoms with Crippen LogP contribution in [0, 0.1) is 0 Å². The second-order valence-electron chi connectivity index (χ2n) is 8.69. The van der Waals surface area contributed by atoms with Crippen molar-refractivity contribution >= 4 is 23.2 Å². The van der Waals surface area contributed by atoms with Gasteiger partial charge in [-0.15, -0.1) is 11.3 Å². The van der Waals surface area contributed by atoms with Gasteiger partial charge in [0.1, 0.15) is 10.7 Å². The molecule has 1 heterocycles. The average molecular weight is 478 g/mol. The zero-order valence-electron chi connectivity index (χ0n) is 19.2. The monoisotopic (exact) mass is 477 g/mol. The predicted octanol–water partition coefficient (Wildman–Crippen LogP) is 4.52. The van der Waals surface area contributed by atoms with Crippen molar-refractivity contribution in [2.24, 2.45) is 0 Å². The highest BCUT2D eigenvalue weighted by atomic mass is 32.1. The van der Waals surface area contributed by atoms with Crippen LogP contribution >= 0.6 is 11.3 Å². The van der Waals surface area contributed by atoms with Crippen LogP contribution in [-0.2, 0) is 6.54 Å². The van der Waals surface area contributed by atoms with Crippen LogP contribution in [0.25, 0.3) is 10.6 Å². The summed E-state index contributed by atoms with van der Waals surface area (Å²) in [5.41, 5.74) is 2.87. The Morgan fingerprint density at radius 1 is 1.06 bits per heavy atom. The molecule has 0 radical (unpaired) electrons. The smallest absolute Gasteiger partial charge is 0.273 e. The van der Waals surface area contributed by atoms with Gasteiger partial charge in [0.05, 0.1) is 19.8 Å². The molecule has 2 fully saturated rings. The number of carbonyl (C=O) groups is 2. The van der Waals surface area contributed by atoms with Crippen LogP contribution in [0.5, 0.6) is 11.5 Å². The third kappa shape index (κ3) is 4.77. The number of methoxy groups -OCH3 is 2. The Bertz CT molecular complexity index is 1200. The van der Waals surface area contributed by atoms with E-state index in [-0.39, 0.29) is 17.9 Å². The van der Waals surface area contributed by atoms with Gasteiger partial charge < -0.3 is 19.7 Å². The van der Waals surface area contributed by atoms with Crippen molar-refractivity contribution < 1.29 is 19.1 Å². The average Bonchev–Trinajstić information content (AvgIpc) is 3.81. The molecule has 8 heteroatoms. The molecule has 5 rings (SSSR count). The quantitative estimate of drug-likeness (QED) is 0.490. The molecule has 7 nitrogen and oxygen atoms in total. The Morgan fingerprint density at radius 3 is 2.47 bits per heavy atom. The van der Waals surface area contributed by atoms with E-state index >= 15 is 0 Å². The molecule has 176 valence electrons. The number of carbonyl (C=O) groups excluding carboxylic acids is 2. The summed E-state index contributed by atoms with van der Waals surface area (Å²) >= 11 is 1.41. The fraction of sp³-hybridized carbons (Fsp3) is 0.346. The highest BCUT2D eigenvalue weighted by Gasteiger charge is 2.34. The summed E-state index contributed by atoms with van der Waals surface area (Å²) in [6.07, 6.45) is 4.11. The number of nitrogens with zero attached hydrogens (tertiary/aromatic N) is 2. The van der Waals surface area contributed by atoms with Gasteiger partial charge in [0.25, 0.3) is 11.8 Å². The molecular weight excluding hydrogens is 450 g/mol. The van der Waals surface area contributed by atoms with E-state index in [2.05, 4.69) is 10.3 Å². The Labute approximate surface area is 202 Å². The Kier molecular flexibility index (Phi) is 6.24. The lowest BCUT2D eigenvalue weighted by Gasteiger charge is -2.21. The highest BCUT2D eigenvalue weighted by molar-refractivity contribution is 7.13. The van der Waals surface area contributed by atoms with E-state index in [1.165, 1.54) is 11.3 Å². The van der Waals surface area contributed by atoms with Gasteiger partial charge in [-0.25, -0.2) is 4.98 Å². The molecule has 2 aromatic carbocycles. The van der Waals surface area contributed by atoms with Gasteiger partial charge in [0, 0.05) is 29.6 Å². The van der Waals surface area contributed by atoms with Crippen molar-refractivity contribution in [3.8, 4) is 22.1 Å². The first kappa shape index (κ1) is 22.4. The van der Waals surface area contributed by atoms with Gasteiger partial charge >= 0.3 is 0 Å². The third-order valence-electron chi connectivity index (χ3n) is 6.09. The number of benzene rings is 2. The normalized spacial score (nSPS) is 15.0. The standard InChI is InChI=1S/C26H27N3O4S/c1-32-22-5-3-4-20(23(22)33-2)25-28-21(15-34-25)26(31)29(19-12-13-19)14-16-6-8-17(9-7-16)24(30)27-18-10-11-18/h3-9,15,18-19H,10-14H2,1-2H3,(H,27,30). The fourth-order valence-electron chi connectivity index (χ4n) is 3.91. The third-order valence-corrected chi connectivity index (χ3v) is 6.96. The summed E-state index contributed by atoms with van der Waals surface area (Å²) < 4.78 is 10.9. The number of aromatic nitrogens is 1. The van der Waals surface area contributed by atoms with E-state index in [4.69, 9.17) is 9.47 Å². The van der Waals surface area contributed by atoms with Crippen molar-refractivity contribution in [2.45, 2.75) is 44.3 Å². The number of thiazole rings is 1. The number of nitrogens with one attached hydrogen (secondary N) is 1. The van der Waals surface area contributed by atoms with Crippen LogP contribution in [0.4, 0.5) is 0 Å². The van der Waals surface area contributed by atoms with E-state index in [9.17, 15) is 9.59 Å². The molecule has 2 aliphatic rings. The molecular formula is C26H27N3O4S. The maximum atomic E-state index is 13.4. The fourth-order valence-corrected chi connectivity index (χ4v) is 4.72. The summed E-state index contributed by atoms with van der Waals surface area (Å²) in [6.45, 7) is 0.489. The summed E-state index contributed by atoms with van der Waals surface area (Å²) in [5.74, 6) is 1.11. The minimum absolute atomic E-state index is 0.0350. The van der Waals surface area contributed by atoms with Gasteiger partial charge in [-0.05, 0) is 55.5 Å². The van der Waals surface area contributed by atoms with Gasteiger partial charge in [0.15, 0.2) is 11.5 Å². The van der Waals surface area contributed by atoms with Crippen LogP contribution in [-0.4, -0.2) is 48.0 Å². The first-order chi connectivity index (χ1) is 16.6. The van der Waals surface area contributed by atoms with Crippen molar-refractivity contribution in [2.75, 3.05) is 14.2 Å². The second-order valence-corrected chi connectivity index (χ2v) is 9.55. The summed E-state index contributed by atoms with van der Waals surface area (Å²) in [6, 6.07) is 13.7. The summed E-state index contributed by atoms with van der Waals surface area (Å²) in [4.78, 5) is 32.2. The highest BCUT2D eigenvalue weighted by Crippen LogP contribution is 2.39. The number of para-hydroxylation sites is 1. The van der Waals surface area contributed by atoms with Crippen LogP contribution in [0.2, 0.25) is 0 Å². The molecule has 0 aliphatic heterocycles. The summed E-state index contributed by atoms with van der Waals surface area (Å²) in [5, 5.41) is 5.51. The lowest BCUT2D eigenvalue weighted by Crippen LogP contribution is -2.33. The van der Waals surface area contributed by atoms with E-state index in [0.717, 1.165) is 36.8 Å². The molecule has 0 unspecified atom stereocenters. The molecule has 2 amide bonds. The van der Waals surface area contributed by atoms with Gasteiger partial charge in [-0.2, -0.15) is 0 Å². The summed E-state index contributed by atoms with van der Waals surface area (Å²) in [7, 11) is 3.19. The minimum Gasteiger partial charge on any atom is -0.493 e. The SMILES string of the molecule is COc1cccc(-c2nc(C(=O)N(Cc3ccc(C(=O)NC4CC4)cc3)C3CC3)cs2)c1OC. The predicted molar refractivity (Wildman–Crippen MR) is 130 cm³/mol. The van der Waals surface area contributed by atoms with Crippen LogP contribution in [0.3, 0.4) is 0 Å². The first-order valence-electron chi connectivity index (χ1n) is 11.4. The van der Waals surface area contributed by atoms with Gasteiger partial charge in [-0.1, -0.05) is 18.2 Å². The molecule has 2 aliphatic carbocycles. The maximum Gasteiger partial charge on any atom is 0.273 e. The lowest BCUT2D eigenvalue weighted by atomic mass is 10.1. The van der Waals surface area contributed by atoms with E-state index in [0.29, 0.717) is 40.4 Å². The molecule has 0 atom stereocenters. The number of rotatable bonds is 9. The Morgan fingerprint density at radius 2 is 1.82 bits per heavy atom. The van der Waals surface area contributed by atoms with Crippen LogP contribution in [0.15, 0.2) is 47.8 Å². The molecule has 0 bridgehead atoms. The second kappa shape index (κ2) is 9.46. The molecule has 0 saturated heterocycles. The Hall–Kier alpha value is -3.39. The molecule has 0 spiro atoms. The van der Waals surface area contributed by atoms with Gasteiger partial charge in [0.2, 0.25) is 0 Å². The molecule has 3 aromatic rings.